The summed E-state index contributed by atoms with van der Waals surface area (Å²) in [7, 11) is 0. The van der Waals surface area contributed by atoms with E-state index in [1.165, 1.54) is 4.68 Å². The molecule has 0 aliphatic rings. The summed E-state index contributed by atoms with van der Waals surface area (Å²) in [6.07, 6.45) is 1.64. The van der Waals surface area contributed by atoms with Gasteiger partial charge >= 0.3 is 0 Å². The third kappa shape index (κ3) is 1.55. The third-order valence-corrected chi connectivity index (χ3v) is 1.85. The van der Waals surface area contributed by atoms with Gasteiger partial charge in [0.2, 0.25) is 0 Å². The van der Waals surface area contributed by atoms with Crippen molar-refractivity contribution < 1.29 is 2.74 Å². The van der Waals surface area contributed by atoms with Gasteiger partial charge in [-0.05, 0) is 28.1 Å². The number of halogens is 1. The first-order valence-corrected chi connectivity index (χ1v) is 4.33. The number of hydrogen-bond acceptors (Lipinski definition) is 3. The van der Waals surface area contributed by atoms with E-state index in [1.54, 1.807) is 18.3 Å². The number of pyridine rings is 1. The highest BCUT2D eigenvalue weighted by Gasteiger charge is 2.02. The summed E-state index contributed by atoms with van der Waals surface area (Å²) >= 11 is 3.10. The van der Waals surface area contributed by atoms with Crippen molar-refractivity contribution in [3.63, 3.8) is 0 Å². The molecule has 0 amide bonds. The lowest BCUT2D eigenvalue weighted by Crippen LogP contribution is -2.01. The van der Waals surface area contributed by atoms with Gasteiger partial charge in [-0.15, -0.1) is 0 Å². The van der Waals surface area contributed by atoms with Gasteiger partial charge < -0.3 is 5.73 Å². The summed E-state index contributed by atoms with van der Waals surface area (Å²) in [5, 5.41) is 3.87. The number of rotatable bonds is 1. The smallest absolute Gasteiger partial charge is 0.149 e. The minimum absolute atomic E-state index is 0.00301. The van der Waals surface area contributed by atoms with Crippen molar-refractivity contribution in [2.45, 2.75) is 0 Å². The van der Waals surface area contributed by atoms with Gasteiger partial charge in [-0.1, -0.05) is 0 Å². The van der Waals surface area contributed by atoms with E-state index in [4.69, 9.17) is 8.48 Å². The quantitative estimate of drug-likeness (QED) is 0.825. The lowest BCUT2D eigenvalue weighted by atomic mass is 10.4. The van der Waals surface area contributed by atoms with E-state index in [1.807, 2.05) is 0 Å². The Bertz CT molecular complexity index is 511. The van der Waals surface area contributed by atoms with Crippen LogP contribution in [0.15, 0.2) is 35.1 Å². The van der Waals surface area contributed by atoms with E-state index in [0.717, 1.165) is 0 Å². The fourth-order valence-corrected chi connectivity index (χ4v) is 1.19. The zero-order valence-electron chi connectivity index (χ0n) is 8.53. The number of nitrogens with zero attached hydrogens (tertiary/aromatic N) is 3. The Kier molecular flexibility index (Phi) is 1.50. The van der Waals surface area contributed by atoms with E-state index in [0.29, 0.717) is 10.2 Å². The number of hydrogen-bond donors (Lipinski definition) is 1. The summed E-state index contributed by atoms with van der Waals surface area (Å²) in [6, 6.07) is 3.39. The summed E-state index contributed by atoms with van der Waals surface area (Å²) in [5.41, 5.74) is 6.15. The van der Waals surface area contributed by atoms with Crippen LogP contribution in [0.4, 0.5) is 5.82 Å². The first kappa shape index (κ1) is 6.15. The Hall–Kier alpha value is -1.36. The predicted octanol–water partition coefficient (Wildman–Crippen LogP) is 1.61. The molecule has 2 aromatic heterocycles. The molecule has 0 aromatic carbocycles. The molecule has 5 heteroatoms. The monoisotopic (exact) mass is 240 g/mol. The molecule has 13 heavy (non-hydrogen) atoms. The summed E-state index contributed by atoms with van der Waals surface area (Å²) in [5.74, 6) is 0.279. The van der Waals surface area contributed by atoms with Crippen LogP contribution < -0.4 is 5.73 Å². The number of nitrogen functional groups attached to an aromatic ring is 1. The minimum atomic E-state index is 0.00301. The van der Waals surface area contributed by atoms with Crippen LogP contribution in [0, 0.1) is 0 Å². The molecule has 0 radical (unpaired) electrons. The summed E-state index contributed by atoms with van der Waals surface area (Å²) in [4.78, 5) is 3.89. The second-order valence-corrected chi connectivity index (χ2v) is 3.15. The van der Waals surface area contributed by atoms with E-state index in [-0.39, 0.29) is 18.2 Å². The van der Waals surface area contributed by atoms with Crippen LogP contribution in [0.25, 0.3) is 5.69 Å². The summed E-state index contributed by atoms with van der Waals surface area (Å²) in [6.45, 7) is 0. The van der Waals surface area contributed by atoms with Crippen molar-refractivity contribution in [2.75, 3.05) is 5.73 Å². The largest absolute Gasteiger partial charge is 0.382 e. The number of aromatic nitrogens is 3. The lowest BCUT2D eigenvalue weighted by molar-refractivity contribution is 0.877. The lowest BCUT2D eigenvalue weighted by Gasteiger charge is -2.02. The molecule has 0 spiro atoms. The second kappa shape index (κ2) is 3.18. The van der Waals surface area contributed by atoms with Crippen LogP contribution in [0.1, 0.15) is 2.74 Å². The Labute approximate surface area is 86.3 Å². The third-order valence-electron chi connectivity index (χ3n) is 1.50. The average Bonchev–Trinajstić information content (AvgIpc) is 2.47. The van der Waals surface area contributed by atoms with Crippen molar-refractivity contribution in [1.82, 2.24) is 14.8 Å². The average molecular weight is 241 g/mol. The van der Waals surface area contributed by atoms with Crippen molar-refractivity contribution in [2.24, 2.45) is 0 Å². The molecule has 0 bridgehead atoms. The summed E-state index contributed by atoms with van der Waals surface area (Å²) < 4.78 is 16.8. The molecule has 0 saturated heterocycles. The molecule has 0 saturated carbocycles. The highest BCUT2D eigenvalue weighted by Crippen LogP contribution is 2.15. The van der Waals surface area contributed by atoms with Crippen molar-refractivity contribution in [3.05, 3.63) is 35.1 Å². The Morgan fingerprint density at radius 1 is 1.62 bits per heavy atom. The van der Waals surface area contributed by atoms with Crippen LogP contribution >= 0.6 is 15.9 Å². The highest BCUT2D eigenvalue weighted by molar-refractivity contribution is 9.10. The van der Waals surface area contributed by atoms with Gasteiger partial charge in [0.15, 0.2) is 0 Å². The topological polar surface area (TPSA) is 56.7 Å². The molecule has 66 valence electrons. The van der Waals surface area contributed by atoms with Gasteiger partial charge in [0.25, 0.3) is 0 Å². The van der Waals surface area contributed by atoms with Crippen LogP contribution in [0.2, 0.25) is 0 Å². The minimum Gasteiger partial charge on any atom is -0.382 e. The maximum atomic E-state index is 7.70. The Morgan fingerprint density at radius 3 is 3.08 bits per heavy atom. The fourth-order valence-electron chi connectivity index (χ4n) is 0.939. The fraction of sp³-hybridized carbons (Fsp3) is 0. The molecule has 0 unspecified atom stereocenters. The van der Waals surface area contributed by atoms with Crippen LogP contribution in [0.3, 0.4) is 0 Å². The Balaban J connectivity index is 2.65. The molecule has 0 aliphatic heterocycles. The zero-order chi connectivity index (χ0) is 11.0. The molecule has 2 aromatic rings. The normalized spacial score (nSPS) is 12.4. The number of anilines is 1. The van der Waals surface area contributed by atoms with E-state index in [2.05, 4.69) is 26.0 Å². The highest BCUT2D eigenvalue weighted by atomic mass is 79.9. The number of nitrogens with two attached hydrogens (primary N) is 1. The molecule has 4 nitrogen and oxygen atoms in total. The van der Waals surface area contributed by atoms with Gasteiger partial charge in [-0.25, -0.2) is 9.67 Å². The molecule has 0 fully saturated rings. The van der Waals surface area contributed by atoms with E-state index in [9.17, 15) is 0 Å². The molecule has 2 N–H and O–H groups in total. The van der Waals surface area contributed by atoms with Crippen molar-refractivity contribution in [3.8, 4) is 5.69 Å². The SMILES string of the molecule is [2H]c1nn(-c2cccnc2N)c([2H])c1Br. The second-order valence-electron chi connectivity index (χ2n) is 2.36. The van der Waals surface area contributed by atoms with Crippen LogP contribution in [0.5, 0.6) is 0 Å². The van der Waals surface area contributed by atoms with Crippen LogP contribution in [-0.4, -0.2) is 14.8 Å². The Morgan fingerprint density at radius 2 is 2.46 bits per heavy atom. The zero-order valence-corrected chi connectivity index (χ0v) is 8.12. The molecule has 2 heterocycles. The predicted molar refractivity (Wildman–Crippen MR) is 53.5 cm³/mol. The molecule has 2 rings (SSSR count). The maximum Gasteiger partial charge on any atom is 0.149 e. The van der Waals surface area contributed by atoms with Gasteiger partial charge in [-0.2, -0.15) is 5.10 Å². The molecule has 0 aliphatic carbocycles. The van der Waals surface area contributed by atoms with E-state index >= 15 is 0 Å². The molecular formula is C8H7BrN4. The van der Waals surface area contributed by atoms with Crippen molar-refractivity contribution >= 4 is 21.7 Å². The van der Waals surface area contributed by atoms with E-state index < -0.39 is 0 Å². The van der Waals surface area contributed by atoms with Gasteiger partial charge in [0.05, 0.1) is 13.4 Å². The van der Waals surface area contributed by atoms with Gasteiger partial charge in [-0.3, -0.25) is 0 Å². The first-order chi connectivity index (χ1) is 7.11. The maximum absolute atomic E-state index is 7.70. The standard InChI is InChI=1S/C8H7BrN4/c9-6-4-12-13(5-6)7-2-1-3-11-8(7)10/h1-5H,(H2,10,11)/i4D,5D. The van der Waals surface area contributed by atoms with Gasteiger partial charge in [0, 0.05) is 12.4 Å². The van der Waals surface area contributed by atoms with Crippen molar-refractivity contribution in [1.29, 1.82) is 0 Å². The van der Waals surface area contributed by atoms with Gasteiger partial charge in [0.1, 0.15) is 11.5 Å². The first-order valence-electron chi connectivity index (χ1n) is 4.54. The molecule has 0 atom stereocenters. The molecular weight excluding hydrogens is 232 g/mol. The van der Waals surface area contributed by atoms with Crippen LogP contribution in [-0.2, 0) is 0 Å².